The van der Waals surface area contributed by atoms with Crippen LogP contribution < -0.4 is 15.4 Å². The molecule has 1 heterocycles. The number of anilines is 2. The number of ether oxygens (including phenoxy) is 1. The van der Waals surface area contributed by atoms with Gasteiger partial charge < -0.3 is 15.4 Å². The lowest BCUT2D eigenvalue weighted by Gasteiger charge is -2.14. The number of nitrogens with zero attached hydrogens (tertiary/aromatic N) is 3. The van der Waals surface area contributed by atoms with Gasteiger partial charge in [0, 0.05) is 16.9 Å². The normalized spacial score (nSPS) is 11.5. The fraction of sp³-hybridized carbons (Fsp3) is 0.154. The summed E-state index contributed by atoms with van der Waals surface area (Å²) in [6, 6.07) is 23.7. The molecule has 4 aromatic rings. The van der Waals surface area contributed by atoms with Crippen molar-refractivity contribution in [2.24, 2.45) is 0 Å². The van der Waals surface area contributed by atoms with Crippen LogP contribution in [0.4, 0.5) is 11.4 Å². The molecule has 4 rings (SSSR count). The van der Waals surface area contributed by atoms with Crippen LogP contribution in [0.15, 0.2) is 84.0 Å². The summed E-state index contributed by atoms with van der Waals surface area (Å²) in [5.74, 6) is 0.871. The van der Waals surface area contributed by atoms with Gasteiger partial charge in [-0.15, -0.1) is 10.2 Å². The van der Waals surface area contributed by atoms with Crippen molar-refractivity contribution in [1.82, 2.24) is 14.8 Å². The number of benzene rings is 3. The molecule has 0 saturated carbocycles. The van der Waals surface area contributed by atoms with E-state index < -0.39 is 5.25 Å². The van der Waals surface area contributed by atoms with Crippen molar-refractivity contribution in [3.05, 3.63) is 90.3 Å². The van der Waals surface area contributed by atoms with Crippen molar-refractivity contribution < 1.29 is 14.3 Å². The number of hydrogen-bond acceptors (Lipinski definition) is 6. The van der Waals surface area contributed by atoms with Gasteiger partial charge in [0.2, 0.25) is 5.91 Å². The van der Waals surface area contributed by atoms with Gasteiger partial charge in [-0.25, -0.2) is 0 Å². The minimum Gasteiger partial charge on any atom is -0.495 e. The van der Waals surface area contributed by atoms with Gasteiger partial charge in [0.05, 0.1) is 18.0 Å². The zero-order chi connectivity index (χ0) is 24.8. The topological polar surface area (TPSA) is 98.1 Å². The number of aromatic nitrogens is 3. The van der Waals surface area contributed by atoms with Crippen molar-refractivity contribution >= 4 is 35.0 Å². The number of carbonyl (C=O) groups is 2. The summed E-state index contributed by atoms with van der Waals surface area (Å²) in [5.41, 5.74) is 2.58. The lowest BCUT2D eigenvalue weighted by molar-refractivity contribution is -0.115. The number of aryl methyl sites for hydroxylation is 1. The summed E-state index contributed by atoms with van der Waals surface area (Å²) >= 11 is 1.33. The van der Waals surface area contributed by atoms with Crippen LogP contribution in [-0.2, 0) is 4.79 Å². The highest BCUT2D eigenvalue weighted by Crippen LogP contribution is 2.27. The first-order valence-electron chi connectivity index (χ1n) is 11.0. The SMILES string of the molecule is COc1ccccc1NC(=O)c1ccc(NC(=O)C(C)Sc2nnc(C)n2-c2ccccc2)cc1. The van der Waals surface area contributed by atoms with Gasteiger partial charge in [0.1, 0.15) is 11.6 Å². The van der Waals surface area contributed by atoms with E-state index >= 15 is 0 Å². The summed E-state index contributed by atoms with van der Waals surface area (Å²) in [6.45, 7) is 3.69. The third-order valence-electron chi connectivity index (χ3n) is 5.23. The molecule has 2 N–H and O–H groups in total. The monoisotopic (exact) mass is 487 g/mol. The van der Waals surface area contributed by atoms with Crippen LogP contribution in [0.1, 0.15) is 23.1 Å². The predicted molar refractivity (Wildman–Crippen MR) is 137 cm³/mol. The molecule has 3 aromatic carbocycles. The fourth-order valence-corrected chi connectivity index (χ4v) is 4.31. The largest absolute Gasteiger partial charge is 0.495 e. The number of methoxy groups -OCH3 is 1. The molecule has 8 nitrogen and oxygen atoms in total. The first kappa shape index (κ1) is 24.0. The van der Waals surface area contributed by atoms with Gasteiger partial charge in [0.25, 0.3) is 5.91 Å². The number of nitrogens with one attached hydrogen (secondary N) is 2. The summed E-state index contributed by atoms with van der Waals surface area (Å²) < 4.78 is 7.19. The summed E-state index contributed by atoms with van der Waals surface area (Å²) in [5, 5.41) is 14.4. The molecular weight excluding hydrogens is 462 g/mol. The molecule has 0 aliphatic rings. The summed E-state index contributed by atoms with van der Waals surface area (Å²) in [6.07, 6.45) is 0. The zero-order valence-electron chi connectivity index (χ0n) is 19.6. The van der Waals surface area contributed by atoms with Crippen LogP contribution in [0.2, 0.25) is 0 Å². The molecule has 9 heteroatoms. The third kappa shape index (κ3) is 5.70. The molecule has 1 aromatic heterocycles. The molecule has 0 fully saturated rings. The Labute approximate surface area is 207 Å². The minimum absolute atomic E-state index is 0.179. The standard InChI is InChI=1S/C26H25N5O3S/c1-17(35-26-30-29-18(2)31(26)21-9-5-4-6-10-21)24(32)27-20-15-13-19(14-16-20)25(33)28-22-11-7-8-12-23(22)34-3/h4-17H,1-3H3,(H,27,32)(H,28,33). The Morgan fingerprint density at radius 3 is 2.31 bits per heavy atom. The first-order chi connectivity index (χ1) is 17.0. The highest BCUT2D eigenvalue weighted by Gasteiger charge is 2.20. The van der Waals surface area contributed by atoms with E-state index in [4.69, 9.17) is 4.74 Å². The molecule has 2 amide bonds. The van der Waals surface area contributed by atoms with Crippen LogP contribution in [-0.4, -0.2) is 38.9 Å². The van der Waals surface area contributed by atoms with Crippen molar-refractivity contribution in [1.29, 1.82) is 0 Å². The van der Waals surface area contributed by atoms with Crippen LogP contribution in [0, 0.1) is 6.92 Å². The second-order valence-electron chi connectivity index (χ2n) is 7.68. The Hall–Kier alpha value is -4.11. The molecule has 0 aliphatic heterocycles. The summed E-state index contributed by atoms with van der Waals surface area (Å²) in [7, 11) is 1.55. The first-order valence-corrected chi connectivity index (χ1v) is 11.8. The second kappa shape index (κ2) is 10.9. The molecule has 0 aliphatic carbocycles. The van der Waals surface area contributed by atoms with Gasteiger partial charge >= 0.3 is 0 Å². The Morgan fingerprint density at radius 2 is 1.60 bits per heavy atom. The smallest absolute Gasteiger partial charge is 0.255 e. The predicted octanol–water partition coefficient (Wildman–Crippen LogP) is 4.96. The van der Waals surface area contributed by atoms with Crippen LogP contribution in [0.5, 0.6) is 5.75 Å². The number of thioether (sulfide) groups is 1. The van der Waals surface area contributed by atoms with Gasteiger partial charge in [-0.1, -0.05) is 42.1 Å². The summed E-state index contributed by atoms with van der Waals surface area (Å²) in [4.78, 5) is 25.4. The average molecular weight is 488 g/mol. The number of carbonyl (C=O) groups excluding carboxylic acids is 2. The Bertz CT molecular complexity index is 1320. The molecular formula is C26H25N5O3S. The molecule has 1 atom stereocenters. The quantitative estimate of drug-likeness (QED) is 0.341. The second-order valence-corrected chi connectivity index (χ2v) is 8.99. The van der Waals surface area contributed by atoms with E-state index in [1.54, 1.807) is 43.5 Å². The lowest BCUT2D eigenvalue weighted by atomic mass is 10.2. The number of hydrogen-bond donors (Lipinski definition) is 2. The average Bonchev–Trinajstić information content (AvgIpc) is 3.24. The molecule has 0 bridgehead atoms. The van der Waals surface area contributed by atoms with Crippen LogP contribution >= 0.6 is 11.8 Å². The Kier molecular flexibility index (Phi) is 7.47. The zero-order valence-corrected chi connectivity index (χ0v) is 20.4. The lowest BCUT2D eigenvalue weighted by Crippen LogP contribution is -2.23. The van der Waals surface area contributed by atoms with Crippen molar-refractivity contribution in [2.75, 3.05) is 17.7 Å². The van der Waals surface area contributed by atoms with E-state index in [-0.39, 0.29) is 11.8 Å². The maximum absolute atomic E-state index is 12.8. The maximum Gasteiger partial charge on any atom is 0.255 e. The van der Waals surface area contributed by atoms with Gasteiger partial charge in [0.15, 0.2) is 5.16 Å². The van der Waals surface area contributed by atoms with E-state index in [0.717, 1.165) is 11.5 Å². The van der Waals surface area contributed by atoms with E-state index in [9.17, 15) is 9.59 Å². The highest BCUT2D eigenvalue weighted by molar-refractivity contribution is 8.00. The minimum atomic E-state index is -0.422. The number of rotatable bonds is 8. The van der Waals surface area contributed by atoms with Gasteiger partial charge in [-0.05, 0) is 62.4 Å². The number of para-hydroxylation sites is 3. The van der Waals surface area contributed by atoms with E-state index in [2.05, 4.69) is 20.8 Å². The maximum atomic E-state index is 12.8. The molecule has 0 spiro atoms. The fourth-order valence-electron chi connectivity index (χ4n) is 3.40. The molecule has 178 valence electrons. The third-order valence-corrected chi connectivity index (χ3v) is 6.27. The Morgan fingerprint density at radius 1 is 0.914 bits per heavy atom. The number of amides is 2. The molecule has 0 radical (unpaired) electrons. The van der Waals surface area contributed by atoms with E-state index in [1.807, 2.05) is 60.9 Å². The van der Waals surface area contributed by atoms with E-state index in [1.165, 1.54) is 11.8 Å². The molecule has 0 saturated heterocycles. The molecule has 1 unspecified atom stereocenters. The van der Waals surface area contributed by atoms with E-state index in [0.29, 0.717) is 27.8 Å². The van der Waals surface area contributed by atoms with Crippen LogP contribution in [0.25, 0.3) is 5.69 Å². The van der Waals surface area contributed by atoms with Gasteiger partial charge in [-0.2, -0.15) is 0 Å². The van der Waals surface area contributed by atoms with Crippen molar-refractivity contribution in [3.63, 3.8) is 0 Å². The molecule has 35 heavy (non-hydrogen) atoms. The Balaban J connectivity index is 1.39. The highest BCUT2D eigenvalue weighted by atomic mass is 32.2. The van der Waals surface area contributed by atoms with Crippen LogP contribution in [0.3, 0.4) is 0 Å². The van der Waals surface area contributed by atoms with Crippen molar-refractivity contribution in [2.45, 2.75) is 24.3 Å². The van der Waals surface area contributed by atoms with Crippen molar-refractivity contribution in [3.8, 4) is 11.4 Å². The van der Waals surface area contributed by atoms with Gasteiger partial charge in [-0.3, -0.25) is 14.2 Å².